The molecule has 2 rings (SSSR count). The van der Waals surface area contributed by atoms with Gasteiger partial charge in [0.2, 0.25) is 0 Å². The number of hydrogen-bond acceptors (Lipinski definition) is 4. The highest BCUT2D eigenvalue weighted by atomic mass is 35.5. The van der Waals surface area contributed by atoms with Gasteiger partial charge in [0.25, 0.3) is 0 Å². The van der Waals surface area contributed by atoms with Gasteiger partial charge in [0.15, 0.2) is 5.78 Å². The number of aromatic nitrogens is 1. The summed E-state index contributed by atoms with van der Waals surface area (Å²) in [5.41, 5.74) is 2.73. The van der Waals surface area contributed by atoms with Crippen LogP contribution in [0, 0.1) is 13.8 Å². The first-order valence-corrected chi connectivity index (χ1v) is 7.27. The van der Waals surface area contributed by atoms with Gasteiger partial charge in [0.1, 0.15) is 0 Å². The average molecular weight is 316 g/mol. The third-order valence-electron chi connectivity index (χ3n) is 3.97. The number of nitrogens with one attached hydrogen (secondary N) is 1. The zero-order valence-electron chi connectivity index (χ0n) is 13.1. The molecule has 0 spiro atoms. The Hall–Kier alpha value is -0.880. The molecule has 5 nitrogen and oxygen atoms in total. The summed E-state index contributed by atoms with van der Waals surface area (Å²) in [4.78, 5) is 13.9. The van der Waals surface area contributed by atoms with Crippen molar-refractivity contribution in [2.24, 2.45) is 0 Å². The number of halogens is 1. The van der Waals surface area contributed by atoms with E-state index in [1.807, 2.05) is 24.6 Å². The molecule has 1 atom stereocenters. The number of hydrogen-bond donors (Lipinski definition) is 2. The number of Topliss-reactive ketones (excluding diaryl/α,β-unsaturated/α-hetero) is 1. The Morgan fingerprint density at radius 1 is 1.33 bits per heavy atom. The van der Waals surface area contributed by atoms with Crippen LogP contribution in [0.4, 0.5) is 0 Å². The van der Waals surface area contributed by atoms with E-state index in [2.05, 4.69) is 10.2 Å². The maximum Gasteiger partial charge on any atom is 0.161 e. The third-order valence-corrected chi connectivity index (χ3v) is 3.97. The molecule has 1 saturated heterocycles. The van der Waals surface area contributed by atoms with E-state index in [0.717, 1.165) is 43.0 Å². The zero-order valence-corrected chi connectivity index (χ0v) is 13.9. The van der Waals surface area contributed by atoms with Crippen LogP contribution >= 0.6 is 12.4 Å². The molecule has 1 aromatic rings. The van der Waals surface area contributed by atoms with Crippen molar-refractivity contribution in [2.45, 2.75) is 33.4 Å². The zero-order chi connectivity index (χ0) is 14.7. The summed E-state index contributed by atoms with van der Waals surface area (Å²) in [7, 11) is 0. The number of carbonyl (C=O) groups excluding carboxylic acids is 1. The van der Waals surface area contributed by atoms with Crippen LogP contribution in [0.25, 0.3) is 0 Å². The number of carbonyl (C=O) groups is 1. The van der Waals surface area contributed by atoms with Crippen molar-refractivity contribution < 1.29 is 9.90 Å². The number of nitrogens with zero attached hydrogens (tertiary/aromatic N) is 2. The van der Waals surface area contributed by atoms with Gasteiger partial charge in [-0.25, -0.2) is 0 Å². The predicted molar refractivity (Wildman–Crippen MR) is 86.5 cm³/mol. The molecule has 1 aromatic heterocycles. The van der Waals surface area contributed by atoms with Crippen LogP contribution in [0.3, 0.4) is 0 Å². The van der Waals surface area contributed by atoms with Gasteiger partial charge in [-0.3, -0.25) is 9.69 Å². The summed E-state index contributed by atoms with van der Waals surface area (Å²) in [6, 6.07) is 0. The molecule has 0 amide bonds. The number of rotatable bonds is 5. The number of piperazine rings is 1. The summed E-state index contributed by atoms with van der Waals surface area (Å²) < 4.78 is 2.00. The van der Waals surface area contributed by atoms with Crippen molar-refractivity contribution in [1.82, 2.24) is 14.8 Å². The first kappa shape index (κ1) is 18.2. The standard InChI is InChI=1S/C15H25N3O2.ClH/c1-11-8-18(12(2)15(11)13(3)19)10-14(20)9-17-6-4-16-5-7-17;/h8,14,16,20H,4-7,9-10H2,1-3H3;1H. The minimum atomic E-state index is -0.404. The number of aryl methyl sites for hydroxylation is 1. The van der Waals surface area contributed by atoms with Crippen molar-refractivity contribution in [2.75, 3.05) is 32.7 Å². The average Bonchev–Trinajstić information content (AvgIpc) is 2.65. The van der Waals surface area contributed by atoms with Gasteiger partial charge in [-0.2, -0.15) is 0 Å². The molecule has 0 saturated carbocycles. The van der Waals surface area contributed by atoms with Gasteiger partial charge in [-0.1, -0.05) is 0 Å². The number of aliphatic hydroxyl groups is 1. The molecule has 2 heterocycles. The monoisotopic (exact) mass is 315 g/mol. The SMILES string of the molecule is CC(=O)c1c(C)cn(CC(O)CN2CCNCC2)c1C.Cl. The fourth-order valence-corrected chi connectivity index (χ4v) is 3.02. The Morgan fingerprint density at radius 2 is 1.95 bits per heavy atom. The van der Waals surface area contributed by atoms with Gasteiger partial charge >= 0.3 is 0 Å². The first-order valence-electron chi connectivity index (χ1n) is 7.27. The molecule has 1 fully saturated rings. The molecule has 0 radical (unpaired) electrons. The molecule has 1 aliphatic rings. The van der Waals surface area contributed by atoms with Crippen LogP contribution in [0.15, 0.2) is 6.20 Å². The van der Waals surface area contributed by atoms with Gasteiger partial charge in [-0.05, 0) is 26.3 Å². The second kappa shape index (κ2) is 7.94. The lowest BCUT2D eigenvalue weighted by atomic mass is 10.1. The van der Waals surface area contributed by atoms with Gasteiger partial charge in [0, 0.05) is 56.7 Å². The largest absolute Gasteiger partial charge is 0.390 e. The smallest absolute Gasteiger partial charge is 0.161 e. The van der Waals surface area contributed by atoms with Crippen molar-refractivity contribution in [3.63, 3.8) is 0 Å². The van der Waals surface area contributed by atoms with Crippen molar-refractivity contribution >= 4 is 18.2 Å². The second-order valence-electron chi connectivity index (χ2n) is 5.69. The van der Waals surface area contributed by atoms with Crippen LogP contribution < -0.4 is 5.32 Å². The van der Waals surface area contributed by atoms with Crippen LogP contribution in [0.5, 0.6) is 0 Å². The maximum absolute atomic E-state index is 11.6. The summed E-state index contributed by atoms with van der Waals surface area (Å²) in [6.45, 7) is 10.7. The molecular weight excluding hydrogens is 290 g/mol. The number of aliphatic hydroxyl groups excluding tert-OH is 1. The highest BCUT2D eigenvalue weighted by Crippen LogP contribution is 2.17. The van der Waals surface area contributed by atoms with E-state index in [-0.39, 0.29) is 18.2 Å². The Balaban J connectivity index is 0.00000220. The minimum Gasteiger partial charge on any atom is -0.390 e. The van der Waals surface area contributed by atoms with Crippen LogP contribution in [0.1, 0.15) is 28.5 Å². The lowest BCUT2D eigenvalue weighted by Gasteiger charge is -2.29. The summed E-state index contributed by atoms with van der Waals surface area (Å²) in [5.74, 6) is 0.0929. The molecule has 0 bridgehead atoms. The van der Waals surface area contributed by atoms with Crippen LogP contribution in [-0.4, -0.2) is 59.2 Å². The normalized spacial score (nSPS) is 17.3. The summed E-state index contributed by atoms with van der Waals surface area (Å²) >= 11 is 0. The van der Waals surface area contributed by atoms with E-state index in [4.69, 9.17) is 0 Å². The van der Waals surface area contributed by atoms with Crippen molar-refractivity contribution in [1.29, 1.82) is 0 Å². The number of ketones is 1. The van der Waals surface area contributed by atoms with E-state index < -0.39 is 6.10 Å². The number of β-amino-alcohol motifs (C(OH)–C–C–N with tert-alkyl or cyclic N) is 1. The quantitative estimate of drug-likeness (QED) is 0.796. The van der Waals surface area contributed by atoms with Gasteiger partial charge < -0.3 is 15.0 Å². The molecule has 0 aromatic carbocycles. The maximum atomic E-state index is 11.6. The van der Waals surface area contributed by atoms with E-state index in [1.165, 1.54) is 0 Å². The molecule has 6 heteroatoms. The Labute approximate surface area is 132 Å². The molecule has 1 unspecified atom stereocenters. The Kier molecular flexibility index (Phi) is 6.87. The molecular formula is C15H26ClN3O2. The van der Waals surface area contributed by atoms with Crippen LogP contribution in [0.2, 0.25) is 0 Å². The van der Waals surface area contributed by atoms with Crippen LogP contribution in [-0.2, 0) is 6.54 Å². The summed E-state index contributed by atoms with van der Waals surface area (Å²) in [6.07, 6.45) is 1.56. The molecule has 21 heavy (non-hydrogen) atoms. The lowest BCUT2D eigenvalue weighted by Crippen LogP contribution is -2.46. The molecule has 0 aliphatic carbocycles. The van der Waals surface area contributed by atoms with Crippen molar-refractivity contribution in [3.05, 3.63) is 23.0 Å². The molecule has 120 valence electrons. The van der Waals surface area contributed by atoms with E-state index in [9.17, 15) is 9.90 Å². The predicted octanol–water partition coefficient (Wildman–Crippen LogP) is 0.995. The highest BCUT2D eigenvalue weighted by molar-refractivity contribution is 5.96. The Bertz CT molecular complexity index is 482. The van der Waals surface area contributed by atoms with E-state index >= 15 is 0 Å². The fraction of sp³-hybridized carbons (Fsp3) is 0.667. The van der Waals surface area contributed by atoms with Gasteiger partial charge in [-0.15, -0.1) is 12.4 Å². The molecule has 2 N–H and O–H groups in total. The first-order chi connectivity index (χ1) is 9.49. The Morgan fingerprint density at radius 3 is 2.48 bits per heavy atom. The molecule has 1 aliphatic heterocycles. The fourth-order valence-electron chi connectivity index (χ4n) is 3.02. The van der Waals surface area contributed by atoms with E-state index in [0.29, 0.717) is 13.1 Å². The third kappa shape index (κ3) is 4.54. The van der Waals surface area contributed by atoms with Gasteiger partial charge in [0.05, 0.1) is 6.10 Å². The van der Waals surface area contributed by atoms with Crippen molar-refractivity contribution in [3.8, 4) is 0 Å². The van der Waals surface area contributed by atoms with E-state index in [1.54, 1.807) is 6.92 Å². The topological polar surface area (TPSA) is 57.5 Å². The lowest BCUT2D eigenvalue weighted by molar-refractivity contribution is 0.0911. The summed E-state index contributed by atoms with van der Waals surface area (Å²) in [5, 5.41) is 13.6. The minimum absolute atomic E-state index is 0. The highest BCUT2D eigenvalue weighted by Gasteiger charge is 2.18. The second-order valence-corrected chi connectivity index (χ2v) is 5.69.